The third kappa shape index (κ3) is 133. The topological polar surface area (TPSA) is 54.7 Å². The molecule has 0 fully saturated rings. The normalized spacial score (nSPS) is 7.12. The second-order valence-corrected chi connectivity index (χ2v) is 3.05. The van der Waals surface area contributed by atoms with Crippen molar-refractivity contribution in [3.05, 3.63) is 16.0 Å². The molecule has 16 heavy (non-hydrogen) atoms. The van der Waals surface area contributed by atoms with Crippen molar-refractivity contribution < 1.29 is 20.9 Å². The van der Waals surface area contributed by atoms with Crippen LogP contribution in [0.5, 0.6) is 0 Å². The van der Waals surface area contributed by atoms with Gasteiger partial charge in [-0.05, 0) is 0 Å². The average Bonchev–Trinajstić information content (AvgIpc) is 2.39. The Morgan fingerprint density at radius 3 is 0.875 bits per heavy atom. The molecule has 0 heterocycles. The molecule has 101 valence electrons. The van der Waals surface area contributed by atoms with Crippen LogP contribution in [0.3, 0.4) is 0 Å². The molecule has 0 N–H and O–H groups in total. The Morgan fingerprint density at radius 1 is 0.750 bits per heavy atom. The fourth-order valence-electron chi connectivity index (χ4n) is 0. The van der Waals surface area contributed by atoms with Gasteiger partial charge in [-0.3, -0.25) is 0 Å². The van der Waals surface area contributed by atoms with Crippen molar-refractivity contribution in [2.24, 2.45) is 3.34 Å². The van der Waals surface area contributed by atoms with Crippen molar-refractivity contribution in [1.29, 1.82) is 0 Å². The van der Waals surface area contributed by atoms with E-state index >= 15 is 0 Å². The van der Waals surface area contributed by atoms with Crippen LogP contribution in [0.1, 0.15) is 27.7 Å². The SMILES string of the molecule is CC[N-]C.CC[N-]C.CC[N-]C.CC[N]=[Nb]. The quantitative estimate of drug-likeness (QED) is 0.710. The van der Waals surface area contributed by atoms with Gasteiger partial charge in [0.05, 0.1) is 0 Å². The molecule has 0 aliphatic heterocycles. The van der Waals surface area contributed by atoms with Crippen molar-refractivity contribution in [2.75, 3.05) is 47.3 Å². The Balaban J connectivity index is -0.0000000600. The second-order valence-electron chi connectivity index (χ2n) is 2.36. The summed E-state index contributed by atoms with van der Waals surface area (Å²) >= 11 is 1.52. The van der Waals surface area contributed by atoms with Crippen LogP contribution in [-0.4, -0.2) is 47.3 Å². The summed E-state index contributed by atoms with van der Waals surface area (Å²) in [6.07, 6.45) is 0. The first-order valence-corrected chi connectivity index (χ1v) is 6.62. The van der Waals surface area contributed by atoms with Gasteiger partial charge in [0.1, 0.15) is 0 Å². The van der Waals surface area contributed by atoms with E-state index in [1.165, 1.54) is 20.9 Å². The van der Waals surface area contributed by atoms with Crippen LogP contribution < -0.4 is 0 Å². The van der Waals surface area contributed by atoms with Crippen LogP contribution in [0.4, 0.5) is 0 Å². The molecule has 0 radical (unpaired) electrons. The third-order valence-electron chi connectivity index (χ3n) is 1.09. The summed E-state index contributed by atoms with van der Waals surface area (Å²) in [6, 6.07) is 0. The summed E-state index contributed by atoms with van der Waals surface area (Å²) in [6.45, 7) is 11.9. The molecule has 0 saturated heterocycles. The summed E-state index contributed by atoms with van der Waals surface area (Å²) in [4.78, 5) is 0. The molecule has 0 rings (SSSR count). The van der Waals surface area contributed by atoms with Crippen LogP contribution in [0.25, 0.3) is 16.0 Å². The Morgan fingerprint density at radius 2 is 0.875 bits per heavy atom. The minimum absolute atomic E-state index is 0.944. The van der Waals surface area contributed by atoms with Crippen molar-refractivity contribution in [3.63, 3.8) is 0 Å². The first kappa shape index (κ1) is 25.3. The molecule has 0 aliphatic carbocycles. The molecule has 5 heteroatoms. The Kier molecular flexibility index (Phi) is 71.5. The Hall–Kier alpha value is 0.420. The van der Waals surface area contributed by atoms with Crippen LogP contribution in [0.15, 0.2) is 3.34 Å². The van der Waals surface area contributed by atoms with Crippen LogP contribution >= 0.6 is 0 Å². The van der Waals surface area contributed by atoms with Gasteiger partial charge < -0.3 is 16.0 Å². The van der Waals surface area contributed by atoms with E-state index in [0.29, 0.717) is 0 Å². The van der Waals surface area contributed by atoms with Crippen LogP contribution in [-0.2, 0) is 20.9 Å². The third-order valence-corrected chi connectivity index (χ3v) is 1.79. The summed E-state index contributed by atoms with van der Waals surface area (Å²) in [5.41, 5.74) is 0. The van der Waals surface area contributed by atoms with E-state index in [-0.39, 0.29) is 0 Å². The average molecular weight is 310 g/mol. The zero-order valence-corrected chi connectivity index (χ0v) is 14.3. The molecule has 0 saturated carbocycles. The maximum absolute atomic E-state index is 3.79. The molecule has 0 aromatic rings. The van der Waals surface area contributed by atoms with Crippen molar-refractivity contribution in [3.8, 4) is 0 Å². The molecule has 4 nitrogen and oxygen atoms in total. The first-order chi connectivity index (χ1) is 7.66. The molecule has 0 bridgehead atoms. The molecule has 0 unspecified atom stereocenters. The number of nitrogens with zero attached hydrogens (tertiary/aromatic N) is 4. The molecular weight excluding hydrogens is 281 g/mol. The van der Waals surface area contributed by atoms with Gasteiger partial charge in [-0.1, -0.05) is 20.8 Å². The summed E-state index contributed by atoms with van der Waals surface area (Å²) in [5, 5.41) is 11.2. The Labute approximate surface area is 115 Å². The Bertz CT molecular complexity index is 66.9. The summed E-state index contributed by atoms with van der Waals surface area (Å²) in [5.74, 6) is 0. The fourth-order valence-corrected chi connectivity index (χ4v) is 0. The van der Waals surface area contributed by atoms with Gasteiger partial charge in [-0.25, -0.2) is 0 Å². The molecule has 0 amide bonds. The molecular formula is C11H29N4Nb-3. The monoisotopic (exact) mass is 310 g/mol. The van der Waals surface area contributed by atoms with Gasteiger partial charge in [0.15, 0.2) is 0 Å². The zero-order chi connectivity index (χ0) is 13.7. The van der Waals surface area contributed by atoms with Crippen molar-refractivity contribution in [2.45, 2.75) is 27.7 Å². The maximum atomic E-state index is 3.79. The van der Waals surface area contributed by atoms with Gasteiger partial charge in [-0.15, -0.1) is 0 Å². The van der Waals surface area contributed by atoms with Crippen molar-refractivity contribution in [1.82, 2.24) is 0 Å². The van der Waals surface area contributed by atoms with Crippen LogP contribution in [0, 0.1) is 0 Å². The van der Waals surface area contributed by atoms with E-state index in [1.54, 1.807) is 21.1 Å². The van der Waals surface area contributed by atoms with Crippen molar-refractivity contribution >= 4 is 0 Å². The van der Waals surface area contributed by atoms with Gasteiger partial charge in [0.25, 0.3) is 0 Å². The minimum atomic E-state index is 0.944. The van der Waals surface area contributed by atoms with E-state index in [4.69, 9.17) is 0 Å². The predicted molar refractivity (Wildman–Crippen MR) is 72.4 cm³/mol. The fraction of sp³-hybridized carbons (Fsp3) is 1.00. The van der Waals surface area contributed by atoms with Gasteiger partial charge in [0.2, 0.25) is 0 Å². The van der Waals surface area contributed by atoms with Gasteiger partial charge in [-0.2, -0.15) is 40.8 Å². The number of rotatable bonds is 4. The van der Waals surface area contributed by atoms with E-state index < -0.39 is 0 Å². The van der Waals surface area contributed by atoms with Gasteiger partial charge in [0, 0.05) is 0 Å². The van der Waals surface area contributed by atoms with Crippen LogP contribution in [0.2, 0.25) is 0 Å². The molecule has 0 aromatic heterocycles. The van der Waals surface area contributed by atoms with E-state index in [9.17, 15) is 0 Å². The second kappa shape index (κ2) is 45.2. The van der Waals surface area contributed by atoms with Gasteiger partial charge >= 0.3 is 37.7 Å². The number of hydrogen-bond acceptors (Lipinski definition) is 1. The first-order valence-electron chi connectivity index (χ1n) is 5.63. The molecule has 0 aliphatic rings. The predicted octanol–water partition coefficient (Wildman–Crippen LogP) is 3.77. The molecule has 0 spiro atoms. The molecule has 0 atom stereocenters. The van der Waals surface area contributed by atoms with E-state index in [1.807, 2.05) is 27.7 Å². The van der Waals surface area contributed by atoms with E-state index in [0.717, 1.165) is 26.2 Å². The van der Waals surface area contributed by atoms with E-state index in [2.05, 4.69) is 19.3 Å². The summed E-state index contributed by atoms with van der Waals surface area (Å²) in [7, 11) is 5.42. The zero-order valence-electron chi connectivity index (χ0n) is 12.1. The molecule has 0 aromatic carbocycles. The standard InChI is InChI=1S/3C3H8N.C2H5N.Nb/c3*1-3-4-2;1-2-3;/h3*3H2,1-2H3;2H2,1H3;/q3*-1;;. The number of hydrogen-bond donors (Lipinski definition) is 0. The summed E-state index contributed by atoms with van der Waals surface area (Å²) < 4.78 is 3.79.